The van der Waals surface area contributed by atoms with Gasteiger partial charge in [-0.3, -0.25) is 4.79 Å². The van der Waals surface area contributed by atoms with Crippen molar-refractivity contribution in [2.24, 2.45) is 0 Å². The highest BCUT2D eigenvalue weighted by Gasteiger charge is 2.08. The van der Waals surface area contributed by atoms with Crippen LogP contribution in [-0.4, -0.2) is 26.7 Å². The van der Waals surface area contributed by atoms with Crippen LogP contribution >= 0.6 is 0 Å². The second-order valence-electron chi connectivity index (χ2n) is 4.53. The molecular formula is C17H19NO4. The molecule has 2 aromatic carbocycles. The third kappa shape index (κ3) is 4.15. The third-order valence-corrected chi connectivity index (χ3v) is 3.10. The van der Waals surface area contributed by atoms with Crippen molar-refractivity contribution in [1.29, 1.82) is 0 Å². The van der Waals surface area contributed by atoms with Crippen molar-refractivity contribution in [3.8, 4) is 17.2 Å². The molecule has 0 unspecified atom stereocenters. The summed E-state index contributed by atoms with van der Waals surface area (Å²) in [6.45, 7) is 0.313. The van der Waals surface area contributed by atoms with E-state index in [0.29, 0.717) is 18.0 Å². The van der Waals surface area contributed by atoms with Crippen molar-refractivity contribution < 1.29 is 19.0 Å². The Labute approximate surface area is 129 Å². The number of ether oxygens (including phenoxy) is 3. The summed E-state index contributed by atoms with van der Waals surface area (Å²) >= 11 is 0. The van der Waals surface area contributed by atoms with Crippen LogP contribution in [-0.2, 0) is 11.3 Å². The lowest BCUT2D eigenvalue weighted by molar-refractivity contribution is -0.123. The maximum absolute atomic E-state index is 11.9. The van der Waals surface area contributed by atoms with E-state index in [1.807, 2.05) is 36.4 Å². The highest BCUT2D eigenvalue weighted by molar-refractivity contribution is 5.77. The summed E-state index contributed by atoms with van der Waals surface area (Å²) in [5.74, 6) is 1.67. The van der Waals surface area contributed by atoms with E-state index in [2.05, 4.69) is 5.32 Å². The first kappa shape index (κ1) is 15.7. The number of amides is 1. The molecule has 0 aliphatic rings. The molecule has 1 amide bonds. The fourth-order valence-electron chi connectivity index (χ4n) is 1.98. The molecular weight excluding hydrogens is 282 g/mol. The highest BCUT2D eigenvalue weighted by Crippen LogP contribution is 2.25. The van der Waals surface area contributed by atoms with Gasteiger partial charge in [-0.05, 0) is 18.2 Å². The van der Waals surface area contributed by atoms with E-state index in [1.165, 1.54) is 0 Å². The Balaban J connectivity index is 1.86. The van der Waals surface area contributed by atoms with Gasteiger partial charge in [0.15, 0.2) is 18.1 Å². The Bertz CT molecular complexity index is 574. The van der Waals surface area contributed by atoms with Gasteiger partial charge in [0, 0.05) is 12.1 Å². The number of carbonyl (C=O) groups is 1. The van der Waals surface area contributed by atoms with E-state index in [0.717, 1.165) is 11.3 Å². The van der Waals surface area contributed by atoms with Crippen LogP contribution in [0.15, 0.2) is 48.5 Å². The Morgan fingerprint density at radius 2 is 1.50 bits per heavy atom. The number of para-hydroxylation sites is 3. The van der Waals surface area contributed by atoms with E-state index in [1.54, 1.807) is 26.4 Å². The van der Waals surface area contributed by atoms with Gasteiger partial charge >= 0.3 is 0 Å². The molecule has 0 heterocycles. The van der Waals surface area contributed by atoms with Gasteiger partial charge in [0.05, 0.1) is 14.2 Å². The van der Waals surface area contributed by atoms with Gasteiger partial charge in [-0.15, -0.1) is 0 Å². The SMILES string of the molecule is COc1ccccc1CNC(=O)COc1ccccc1OC. The molecule has 5 heteroatoms. The maximum Gasteiger partial charge on any atom is 0.258 e. The summed E-state index contributed by atoms with van der Waals surface area (Å²) in [6.07, 6.45) is 0. The number of hydrogen-bond donors (Lipinski definition) is 1. The number of hydrogen-bond acceptors (Lipinski definition) is 4. The highest BCUT2D eigenvalue weighted by atomic mass is 16.5. The zero-order chi connectivity index (χ0) is 15.8. The van der Waals surface area contributed by atoms with E-state index in [-0.39, 0.29) is 12.5 Å². The smallest absolute Gasteiger partial charge is 0.258 e. The topological polar surface area (TPSA) is 56.8 Å². The Kier molecular flexibility index (Phi) is 5.65. The molecule has 0 saturated heterocycles. The molecule has 0 atom stereocenters. The minimum Gasteiger partial charge on any atom is -0.496 e. The van der Waals surface area contributed by atoms with Crippen molar-refractivity contribution >= 4 is 5.91 Å². The summed E-state index contributed by atoms with van der Waals surface area (Å²) in [7, 11) is 3.16. The first-order valence-corrected chi connectivity index (χ1v) is 6.89. The zero-order valence-corrected chi connectivity index (χ0v) is 12.7. The predicted octanol–water partition coefficient (Wildman–Crippen LogP) is 2.40. The number of carbonyl (C=O) groups excluding carboxylic acids is 1. The van der Waals surface area contributed by atoms with E-state index < -0.39 is 0 Å². The van der Waals surface area contributed by atoms with Crippen molar-refractivity contribution in [2.45, 2.75) is 6.54 Å². The predicted molar refractivity (Wildman–Crippen MR) is 83.3 cm³/mol. The molecule has 2 rings (SSSR count). The standard InChI is InChI=1S/C17H19NO4/c1-20-14-8-4-3-7-13(14)11-18-17(19)12-22-16-10-6-5-9-15(16)21-2/h3-10H,11-12H2,1-2H3,(H,18,19). The second-order valence-corrected chi connectivity index (χ2v) is 4.53. The first-order chi connectivity index (χ1) is 10.7. The Morgan fingerprint density at radius 3 is 2.18 bits per heavy atom. The molecule has 1 N–H and O–H groups in total. The van der Waals surface area contributed by atoms with Gasteiger partial charge in [-0.1, -0.05) is 30.3 Å². The first-order valence-electron chi connectivity index (χ1n) is 6.89. The number of benzene rings is 2. The number of methoxy groups -OCH3 is 2. The molecule has 0 aromatic heterocycles. The van der Waals surface area contributed by atoms with Crippen molar-refractivity contribution in [3.63, 3.8) is 0 Å². The molecule has 0 spiro atoms. The molecule has 0 saturated carbocycles. The molecule has 0 aliphatic heterocycles. The Morgan fingerprint density at radius 1 is 0.909 bits per heavy atom. The molecule has 0 bridgehead atoms. The zero-order valence-electron chi connectivity index (χ0n) is 12.7. The summed E-state index contributed by atoms with van der Waals surface area (Å²) in [6, 6.07) is 14.7. The van der Waals surface area contributed by atoms with Gasteiger partial charge in [0.2, 0.25) is 0 Å². The van der Waals surface area contributed by atoms with E-state index in [4.69, 9.17) is 14.2 Å². The molecule has 0 aliphatic carbocycles. The molecule has 0 radical (unpaired) electrons. The van der Waals surface area contributed by atoms with Gasteiger partial charge < -0.3 is 19.5 Å². The normalized spacial score (nSPS) is 9.91. The van der Waals surface area contributed by atoms with Crippen LogP contribution in [0.2, 0.25) is 0 Å². The molecule has 2 aromatic rings. The molecule has 0 fully saturated rings. The van der Waals surface area contributed by atoms with Crippen LogP contribution in [0.3, 0.4) is 0 Å². The van der Waals surface area contributed by atoms with Crippen molar-refractivity contribution in [3.05, 3.63) is 54.1 Å². The van der Waals surface area contributed by atoms with Crippen molar-refractivity contribution in [1.82, 2.24) is 5.32 Å². The van der Waals surface area contributed by atoms with Crippen molar-refractivity contribution in [2.75, 3.05) is 20.8 Å². The summed E-state index contributed by atoms with van der Waals surface area (Å²) in [5, 5.41) is 2.80. The second kappa shape index (κ2) is 7.93. The largest absolute Gasteiger partial charge is 0.496 e. The fourth-order valence-corrected chi connectivity index (χ4v) is 1.98. The van der Waals surface area contributed by atoms with Crippen LogP contribution in [0.4, 0.5) is 0 Å². The number of nitrogens with one attached hydrogen (secondary N) is 1. The van der Waals surface area contributed by atoms with E-state index in [9.17, 15) is 4.79 Å². The van der Waals surface area contributed by atoms with Crippen LogP contribution < -0.4 is 19.5 Å². The van der Waals surface area contributed by atoms with Crippen LogP contribution in [0.25, 0.3) is 0 Å². The van der Waals surface area contributed by atoms with E-state index >= 15 is 0 Å². The summed E-state index contributed by atoms with van der Waals surface area (Å²) < 4.78 is 15.9. The maximum atomic E-state index is 11.9. The van der Waals surface area contributed by atoms with Crippen LogP contribution in [0.1, 0.15) is 5.56 Å². The summed E-state index contributed by atoms with van der Waals surface area (Å²) in [4.78, 5) is 11.9. The van der Waals surface area contributed by atoms with Gasteiger partial charge in [0.1, 0.15) is 5.75 Å². The minimum atomic E-state index is -0.211. The average Bonchev–Trinajstić information content (AvgIpc) is 2.58. The lowest BCUT2D eigenvalue weighted by Crippen LogP contribution is -2.28. The number of rotatable bonds is 7. The van der Waals surface area contributed by atoms with Crippen LogP contribution in [0, 0.1) is 0 Å². The molecule has 22 heavy (non-hydrogen) atoms. The minimum absolute atomic E-state index is 0.0739. The lowest BCUT2D eigenvalue weighted by Gasteiger charge is -2.11. The molecule has 116 valence electrons. The quantitative estimate of drug-likeness (QED) is 0.853. The average molecular weight is 301 g/mol. The monoisotopic (exact) mass is 301 g/mol. The lowest BCUT2D eigenvalue weighted by atomic mass is 10.2. The Hall–Kier alpha value is -2.69. The van der Waals surface area contributed by atoms with Gasteiger partial charge in [-0.25, -0.2) is 0 Å². The molecule has 5 nitrogen and oxygen atoms in total. The summed E-state index contributed by atoms with van der Waals surface area (Å²) in [5.41, 5.74) is 0.913. The van der Waals surface area contributed by atoms with Gasteiger partial charge in [-0.2, -0.15) is 0 Å². The van der Waals surface area contributed by atoms with Gasteiger partial charge in [0.25, 0.3) is 5.91 Å². The van der Waals surface area contributed by atoms with Crippen LogP contribution in [0.5, 0.6) is 17.2 Å². The third-order valence-electron chi connectivity index (χ3n) is 3.10. The fraction of sp³-hybridized carbons (Fsp3) is 0.235.